The number of hydrogen-bond donors (Lipinski definition) is 0. The van der Waals surface area contributed by atoms with Gasteiger partial charge in [-0.3, -0.25) is 4.79 Å². The van der Waals surface area contributed by atoms with E-state index in [0.717, 1.165) is 21.8 Å². The largest absolute Gasteiger partial charge is 0.497 e. The molecular formula is C26H22F2O3S. The number of alkyl halides is 2. The van der Waals surface area contributed by atoms with Gasteiger partial charge in [0.1, 0.15) is 11.5 Å². The first kappa shape index (κ1) is 22.1. The minimum Gasteiger partial charge on any atom is -0.497 e. The third kappa shape index (κ3) is 5.19. The van der Waals surface area contributed by atoms with E-state index in [2.05, 4.69) is 0 Å². The monoisotopic (exact) mass is 452 g/mol. The predicted octanol–water partition coefficient (Wildman–Crippen LogP) is 6.69. The van der Waals surface area contributed by atoms with E-state index in [1.807, 2.05) is 54.6 Å². The minimum atomic E-state index is -3.15. The Kier molecular flexibility index (Phi) is 6.61. The van der Waals surface area contributed by atoms with E-state index in [-0.39, 0.29) is 5.56 Å². The van der Waals surface area contributed by atoms with Crippen molar-refractivity contribution in [2.45, 2.75) is 17.2 Å². The summed E-state index contributed by atoms with van der Waals surface area (Å²) in [6, 6.07) is 23.2. The quantitative estimate of drug-likeness (QED) is 0.282. The molecule has 0 amide bonds. The number of hydrogen-bond acceptors (Lipinski definition) is 4. The fourth-order valence-electron chi connectivity index (χ4n) is 3.51. The molecule has 0 spiro atoms. The Labute approximate surface area is 190 Å². The minimum absolute atomic E-state index is 0.122. The first-order chi connectivity index (χ1) is 15.4. The summed E-state index contributed by atoms with van der Waals surface area (Å²) in [5.74, 6) is -3.15. The summed E-state index contributed by atoms with van der Waals surface area (Å²) in [4.78, 5) is 13.2. The van der Waals surface area contributed by atoms with Crippen LogP contribution in [0.3, 0.4) is 0 Å². The van der Waals surface area contributed by atoms with Crippen LogP contribution in [-0.2, 0) is 15.5 Å². The second kappa shape index (κ2) is 9.57. The molecule has 1 unspecified atom stereocenters. The molecule has 0 aliphatic carbocycles. The van der Waals surface area contributed by atoms with Gasteiger partial charge in [0, 0.05) is 16.9 Å². The zero-order chi connectivity index (χ0) is 22.6. The van der Waals surface area contributed by atoms with Crippen molar-refractivity contribution in [3.63, 3.8) is 0 Å². The third-order valence-corrected chi connectivity index (χ3v) is 6.29. The van der Waals surface area contributed by atoms with Crippen LogP contribution >= 0.6 is 11.8 Å². The molecule has 3 nitrogen and oxygen atoms in total. The van der Waals surface area contributed by atoms with E-state index < -0.39 is 24.2 Å². The van der Waals surface area contributed by atoms with Gasteiger partial charge in [-0.1, -0.05) is 54.6 Å². The van der Waals surface area contributed by atoms with Crippen LogP contribution in [0.15, 0.2) is 95.6 Å². The van der Waals surface area contributed by atoms with Crippen LogP contribution in [0.5, 0.6) is 5.75 Å². The lowest BCUT2D eigenvalue weighted by molar-refractivity contribution is -0.143. The Morgan fingerprint density at radius 3 is 2.19 bits per heavy atom. The van der Waals surface area contributed by atoms with Crippen molar-refractivity contribution >= 4 is 17.7 Å². The number of cyclic esters (lactones) is 1. The predicted molar refractivity (Wildman–Crippen MR) is 122 cm³/mol. The average Bonchev–Trinajstić information content (AvgIpc) is 3.17. The molecule has 0 fully saturated rings. The Hall–Kier alpha value is -3.12. The maximum Gasteiger partial charge on any atom is 0.318 e. The summed E-state index contributed by atoms with van der Waals surface area (Å²) in [5, 5.41) is 0. The highest BCUT2D eigenvalue weighted by molar-refractivity contribution is 7.99. The highest BCUT2D eigenvalue weighted by Gasteiger charge is 2.40. The van der Waals surface area contributed by atoms with Crippen LogP contribution in [-0.4, -0.2) is 18.8 Å². The van der Waals surface area contributed by atoms with E-state index >= 15 is 0 Å². The number of rotatable bonds is 8. The van der Waals surface area contributed by atoms with E-state index in [9.17, 15) is 13.6 Å². The highest BCUT2D eigenvalue weighted by atomic mass is 32.2. The van der Waals surface area contributed by atoms with Crippen molar-refractivity contribution < 1.29 is 23.0 Å². The Bertz CT molecular complexity index is 1090. The van der Waals surface area contributed by atoms with Gasteiger partial charge in [-0.25, -0.2) is 8.78 Å². The number of carbonyl (C=O) groups is 1. The van der Waals surface area contributed by atoms with Gasteiger partial charge in [-0.2, -0.15) is 0 Å². The molecule has 6 heteroatoms. The zero-order valence-electron chi connectivity index (χ0n) is 17.5. The second-order valence-corrected chi connectivity index (χ2v) is 8.53. The SMILES string of the molecule is COc1ccc(-c2ccc(C(F)(F)CC3C=C(CSc4ccccc4)OC3=O)cc2)cc1. The Balaban J connectivity index is 1.41. The lowest BCUT2D eigenvalue weighted by Crippen LogP contribution is -2.21. The van der Waals surface area contributed by atoms with Crippen LogP contribution in [0.2, 0.25) is 0 Å². The van der Waals surface area contributed by atoms with Gasteiger partial charge in [-0.05, 0) is 41.5 Å². The smallest absolute Gasteiger partial charge is 0.318 e. The van der Waals surface area contributed by atoms with Crippen LogP contribution in [0.4, 0.5) is 8.78 Å². The van der Waals surface area contributed by atoms with Crippen LogP contribution in [0.1, 0.15) is 12.0 Å². The van der Waals surface area contributed by atoms with Gasteiger partial charge < -0.3 is 9.47 Å². The van der Waals surface area contributed by atoms with Crippen LogP contribution in [0, 0.1) is 5.92 Å². The molecule has 1 aliphatic heterocycles. The molecule has 3 aromatic rings. The van der Waals surface area contributed by atoms with E-state index in [1.165, 1.54) is 30.0 Å². The number of halogens is 2. The normalized spacial score (nSPS) is 15.9. The lowest BCUT2D eigenvalue weighted by Gasteiger charge is -2.18. The van der Waals surface area contributed by atoms with E-state index in [0.29, 0.717) is 11.5 Å². The van der Waals surface area contributed by atoms with Crippen molar-refractivity contribution in [3.05, 3.63) is 96.3 Å². The molecule has 0 aromatic heterocycles. The number of methoxy groups -OCH3 is 1. The molecule has 0 bridgehead atoms. The molecule has 164 valence electrons. The number of thioether (sulfide) groups is 1. The van der Waals surface area contributed by atoms with Gasteiger partial charge in [0.15, 0.2) is 0 Å². The molecule has 0 radical (unpaired) electrons. The first-order valence-electron chi connectivity index (χ1n) is 10.2. The van der Waals surface area contributed by atoms with Crippen molar-refractivity contribution in [2.24, 2.45) is 5.92 Å². The molecular weight excluding hydrogens is 430 g/mol. The molecule has 32 heavy (non-hydrogen) atoms. The maximum absolute atomic E-state index is 14.9. The maximum atomic E-state index is 14.9. The third-order valence-electron chi connectivity index (χ3n) is 5.25. The van der Waals surface area contributed by atoms with Crippen molar-refractivity contribution in [1.82, 2.24) is 0 Å². The fraction of sp³-hybridized carbons (Fsp3) is 0.192. The topological polar surface area (TPSA) is 35.5 Å². The standard InChI is InChI=1S/C26H22F2O3S/c1-30-22-13-9-19(10-14-22)18-7-11-21(12-8-18)26(27,28)16-20-15-23(31-25(20)29)17-32-24-5-3-2-4-6-24/h2-15,20H,16-17H2,1H3. The Morgan fingerprint density at radius 1 is 0.938 bits per heavy atom. The lowest BCUT2D eigenvalue weighted by atomic mass is 9.94. The molecule has 3 aromatic carbocycles. The van der Waals surface area contributed by atoms with Crippen LogP contribution < -0.4 is 4.74 Å². The molecule has 0 saturated carbocycles. The van der Waals surface area contributed by atoms with E-state index in [4.69, 9.17) is 9.47 Å². The molecule has 4 rings (SSSR count). The van der Waals surface area contributed by atoms with Gasteiger partial charge >= 0.3 is 5.97 Å². The number of carbonyl (C=O) groups excluding carboxylic acids is 1. The summed E-state index contributed by atoms with van der Waals surface area (Å²) >= 11 is 1.50. The molecule has 0 saturated heterocycles. The highest BCUT2D eigenvalue weighted by Crippen LogP contribution is 2.39. The molecule has 1 atom stereocenters. The summed E-state index contributed by atoms with van der Waals surface area (Å²) in [6.45, 7) is 0. The van der Waals surface area contributed by atoms with Crippen LogP contribution in [0.25, 0.3) is 11.1 Å². The van der Waals surface area contributed by atoms with Gasteiger partial charge in [0.25, 0.3) is 5.92 Å². The Morgan fingerprint density at radius 2 is 1.56 bits per heavy atom. The number of ether oxygens (including phenoxy) is 2. The summed E-state index contributed by atoms with van der Waals surface area (Å²) in [7, 11) is 1.59. The summed E-state index contributed by atoms with van der Waals surface area (Å²) in [6.07, 6.45) is 0.908. The summed E-state index contributed by atoms with van der Waals surface area (Å²) < 4.78 is 40.2. The first-order valence-corrected chi connectivity index (χ1v) is 11.2. The second-order valence-electron chi connectivity index (χ2n) is 7.48. The summed E-state index contributed by atoms with van der Waals surface area (Å²) in [5.41, 5.74) is 1.61. The van der Waals surface area contributed by atoms with Gasteiger partial charge in [-0.15, -0.1) is 11.8 Å². The van der Waals surface area contributed by atoms with Crippen molar-refractivity contribution in [3.8, 4) is 16.9 Å². The van der Waals surface area contributed by atoms with Gasteiger partial charge in [0.05, 0.1) is 18.8 Å². The van der Waals surface area contributed by atoms with E-state index in [1.54, 1.807) is 19.2 Å². The van der Waals surface area contributed by atoms with Gasteiger partial charge in [0.2, 0.25) is 0 Å². The zero-order valence-corrected chi connectivity index (χ0v) is 18.3. The van der Waals surface area contributed by atoms with Crippen molar-refractivity contribution in [2.75, 3.05) is 12.9 Å². The van der Waals surface area contributed by atoms with Crippen molar-refractivity contribution in [1.29, 1.82) is 0 Å². The number of benzene rings is 3. The number of esters is 1. The molecule has 1 heterocycles. The fourth-order valence-corrected chi connectivity index (χ4v) is 4.32. The molecule has 1 aliphatic rings. The molecule has 0 N–H and O–H groups in total. The average molecular weight is 453 g/mol.